The molecular weight excluding hydrogens is 316 g/mol. The van der Waals surface area contributed by atoms with E-state index < -0.39 is 0 Å². The van der Waals surface area contributed by atoms with Gasteiger partial charge in [-0.3, -0.25) is 4.90 Å². The Morgan fingerprint density at radius 1 is 1.45 bits per heavy atom. The van der Waals surface area contributed by atoms with Crippen molar-refractivity contribution in [2.75, 3.05) is 26.7 Å². The standard InChI is InChI=1S/C16H25BrN2O/c1-12(2)8-14-10-18-6-7-19(14)11-13-9-15(20-3)4-5-16(13)17/h4-5,9,12,14,18H,6-8,10-11H2,1-3H3. The first-order valence-electron chi connectivity index (χ1n) is 7.37. The smallest absolute Gasteiger partial charge is 0.119 e. The van der Waals surface area contributed by atoms with Crippen LogP contribution in [0, 0.1) is 5.92 Å². The van der Waals surface area contributed by atoms with Gasteiger partial charge in [0.1, 0.15) is 5.75 Å². The SMILES string of the molecule is COc1ccc(Br)c(CN2CCNCC2CC(C)C)c1. The molecule has 1 heterocycles. The molecule has 0 saturated carbocycles. The van der Waals surface area contributed by atoms with Crippen molar-refractivity contribution in [2.45, 2.75) is 32.9 Å². The second kappa shape index (κ2) is 7.43. The van der Waals surface area contributed by atoms with Crippen molar-refractivity contribution in [1.82, 2.24) is 10.2 Å². The fourth-order valence-corrected chi connectivity index (χ4v) is 3.18. The molecule has 3 nitrogen and oxygen atoms in total. The number of nitrogens with one attached hydrogen (secondary N) is 1. The zero-order valence-corrected chi connectivity index (χ0v) is 14.2. The van der Waals surface area contributed by atoms with E-state index in [0.29, 0.717) is 6.04 Å². The highest BCUT2D eigenvalue weighted by molar-refractivity contribution is 9.10. The molecule has 1 atom stereocenters. The Hall–Kier alpha value is -0.580. The van der Waals surface area contributed by atoms with Crippen LogP contribution < -0.4 is 10.1 Å². The van der Waals surface area contributed by atoms with Crippen LogP contribution in [-0.4, -0.2) is 37.7 Å². The molecule has 1 unspecified atom stereocenters. The van der Waals surface area contributed by atoms with Gasteiger partial charge in [0, 0.05) is 36.7 Å². The first-order valence-corrected chi connectivity index (χ1v) is 8.16. The second-order valence-electron chi connectivity index (χ2n) is 5.92. The van der Waals surface area contributed by atoms with E-state index in [9.17, 15) is 0 Å². The van der Waals surface area contributed by atoms with Gasteiger partial charge in [0.25, 0.3) is 0 Å². The Balaban J connectivity index is 2.09. The Kier molecular flexibility index (Phi) is 5.87. The molecule has 20 heavy (non-hydrogen) atoms. The summed E-state index contributed by atoms with van der Waals surface area (Å²) in [7, 11) is 1.72. The fourth-order valence-electron chi connectivity index (χ4n) is 2.81. The number of halogens is 1. The molecule has 0 spiro atoms. The summed E-state index contributed by atoms with van der Waals surface area (Å²) in [5.74, 6) is 1.66. The molecule has 0 amide bonds. The summed E-state index contributed by atoms with van der Waals surface area (Å²) in [6, 6.07) is 6.84. The third-order valence-corrected chi connectivity index (χ3v) is 4.62. The van der Waals surface area contributed by atoms with Gasteiger partial charge < -0.3 is 10.1 Å². The molecule has 1 N–H and O–H groups in total. The van der Waals surface area contributed by atoms with Gasteiger partial charge in [-0.2, -0.15) is 0 Å². The zero-order valence-electron chi connectivity index (χ0n) is 12.7. The summed E-state index contributed by atoms with van der Waals surface area (Å²) >= 11 is 3.66. The molecular formula is C16H25BrN2O. The third-order valence-electron chi connectivity index (χ3n) is 3.84. The van der Waals surface area contributed by atoms with Crippen LogP contribution in [0.15, 0.2) is 22.7 Å². The van der Waals surface area contributed by atoms with Crippen LogP contribution in [-0.2, 0) is 6.54 Å². The molecule has 1 fully saturated rings. The van der Waals surface area contributed by atoms with Crippen LogP contribution >= 0.6 is 15.9 Å². The number of hydrogen-bond donors (Lipinski definition) is 1. The molecule has 2 rings (SSSR count). The van der Waals surface area contributed by atoms with Gasteiger partial charge in [0.05, 0.1) is 7.11 Å². The van der Waals surface area contributed by atoms with E-state index in [2.05, 4.69) is 52.1 Å². The minimum absolute atomic E-state index is 0.627. The first kappa shape index (κ1) is 15.8. The molecule has 1 aromatic rings. The van der Waals surface area contributed by atoms with Crippen molar-refractivity contribution in [1.29, 1.82) is 0 Å². The molecule has 0 bridgehead atoms. The zero-order chi connectivity index (χ0) is 14.5. The van der Waals surface area contributed by atoms with Gasteiger partial charge in [0.15, 0.2) is 0 Å². The lowest BCUT2D eigenvalue weighted by Gasteiger charge is -2.37. The Morgan fingerprint density at radius 2 is 2.25 bits per heavy atom. The van der Waals surface area contributed by atoms with E-state index in [4.69, 9.17) is 4.74 Å². The van der Waals surface area contributed by atoms with Crippen molar-refractivity contribution >= 4 is 15.9 Å². The fraction of sp³-hybridized carbons (Fsp3) is 0.625. The van der Waals surface area contributed by atoms with Crippen LogP contribution in [0.3, 0.4) is 0 Å². The predicted molar refractivity (Wildman–Crippen MR) is 87.2 cm³/mol. The summed E-state index contributed by atoms with van der Waals surface area (Å²) in [6.07, 6.45) is 1.24. The number of rotatable bonds is 5. The van der Waals surface area contributed by atoms with Crippen molar-refractivity contribution in [2.24, 2.45) is 5.92 Å². The molecule has 1 aliphatic rings. The van der Waals surface area contributed by atoms with E-state index in [1.165, 1.54) is 16.5 Å². The summed E-state index contributed by atoms with van der Waals surface area (Å²) in [6.45, 7) is 8.87. The predicted octanol–water partition coefficient (Wildman–Crippen LogP) is 3.28. The number of methoxy groups -OCH3 is 1. The van der Waals surface area contributed by atoms with Crippen LogP contribution in [0.25, 0.3) is 0 Å². The van der Waals surface area contributed by atoms with Crippen LogP contribution in [0.4, 0.5) is 0 Å². The number of hydrogen-bond acceptors (Lipinski definition) is 3. The third kappa shape index (κ3) is 4.21. The Bertz CT molecular complexity index is 436. The highest BCUT2D eigenvalue weighted by atomic mass is 79.9. The number of piperazine rings is 1. The van der Waals surface area contributed by atoms with Crippen LogP contribution in [0.1, 0.15) is 25.8 Å². The highest BCUT2D eigenvalue weighted by Crippen LogP contribution is 2.25. The lowest BCUT2D eigenvalue weighted by Crippen LogP contribution is -2.51. The lowest BCUT2D eigenvalue weighted by atomic mass is 10.00. The molecule has 1 saturated heterocycles. The Labute approximate surface area is 130 Å². The monoisotopic (exact) mass is 340 g/mol. The van der Waals surface area contributed by atoms with Gasteiger partial charge in [-0.15, -0.1) is 0 Å². The molecule has 0 radical (unpaired) electrons. The van der Waals surface area contributed by atoms with E-state index in [0.717, 1.165) is 37.8 Å². The van der Waals surface area contributed by atoms with Crippen molar-refractivity contribution in [3.63, 3.8) is 0 Å². The number of benzene rings is 1. The maximum Gasteiger partial charge on any atom is 0.119 e. The normalized spacial score (nSPS) is 20.4. The molecule has 1 aromatic carbocycles. The minimum Gasteiger partial charge on any atom is -0.497 e. The van der Waals surface area contributed by atoms with Crippen molar-refractivity contribution in [3.05, 3.63) is 28.2 Å². The molecule has 0 aromatic heterocycles. The van der Waals surface area contributed by atoms with Crippen LogP contribution in [0.2, 0.25) is 0 Å². The lowest BCUT2D eigenvalue weighted by molar-refractivity contribution is 0.134. The van der Waals surface area contributed by atoms with E-state index in [1.54, 1.807) is 7.11 Å². The largest absolute Gasteiger partial charge is 0.497 e. The maximum absolute atomic E-state index is 5.34. The van der Waals surface area contributed by atoms with Gasteiger partial charge in [-0.05, 0) is 36.1 Å². The van der Waals surface area contributed by atoms with Gasteiger partial charge in [-0.1, -0.05) is 29.8 Å². The number of ether oxygens (including phenoxy) is 1. The summed E-state index contributed by atoms with van der Waals surface area (Å²) < 4.78 is 6.51. The summed E-state index contributed by atoms with van der Waals surface area (Å²) in [5, 5.41) is 3.52. The van der Waals surface area contributed by atoms with Gasteiger partial charge in [0.2, 0.25) is 0 Å². The quantitative estimate of drug-likeness (QED) is 0.890. The highest BCUT2D eigenvalue weighted by Gasteiger charge is 2.23. The minimum atomic E-state index is 0.627. The first-order chi connectivity index (χ1) is 9.60. The van der Waals surface area contributed by atoms with E-state index >= 15 is 0 Å². The van der Waals surface area contributed by atoms with Crippen molar-refractivity contribution in [3.8, 4) is 5.75 Å². The average Bonchev–Trinajstić information content (AvgIpc) is 2.43. The van der Waals surface area contributed by atoms with Crippen molar-refractivity contribution < 1.29 is 4.74 Å². The molecule has 1 aliphatic heterocycles. The summed E-state index contributed by atoms with van der Waals surface area (Å²) in [5.41, 5.74) is 1.31. The van der Waals surface area contributed by atoms with Gasteiger partial charge in [-0.25, -0.2) is 0 Å². The molecule has 4 heteroatoms. The van der Waals surface area contributed by atoms with E-state index in [-0.39, 0.29) is 0 Å². The van der Waals surface area contributed by atoms with Crippen LogP contribution in [0.5, 0.6) is 5.75 Å². The molecule has 112 valence electrons. The summed E-state index contributed by atoms with van der Waals surface area (Å²) in [4.78, 5) is 2.59. The van der Waals surface area contributed by atoms with Gasteiger partial charge >= 0.3 is 0 Å². The van der Waals surface area contributed by atoms with E-state index in [1.807, 2.05) is 6.07 Å². The number of nitrogens with zero attached hydrogens (tertiary/aromatic N) is 1. The second-order valence-corrected chi connectivity index (χ2v) is 6.77. The molecule has 0 aliphatic carbocycles. The Morgan fingerprint density at radius 3 is 2.95 bits per heavy atom. The maximum atomic E-state index is 5.34. The topological polar surface area (TPSA) is 24.5 Å². The average molecular weight is 341 g/mol.